The van der Waals surface area contributed by atoms with E-state index in [1.54, 1.807) is 6.07 Å². The Morgan fingerprint density at radius 2 is 1.96 bits per heavy atom. The van der Waals surface area contributed by atoms with Gasteiger partial charge >= 0.3 is 6.18 Å². The second-order valence-electron chi connectivity index (χ2n) is 6.31. The molecule has 0 aliphatic carbocycles. The van der Waals surface area contributed by atoms with Gasteiger partial charge in [-0.2, -0.15) is 18.3 Å². The lowest BCUT2D eigenvalue weighted by molar-refractivity contribution is -0.137. The maximum Gasteiger partial charge on any atom is 0.416 e. The van der Waals surface area contributed by atoms with Crippen LogP contribution in [0.15, 0.2) is 36.8 Å². The first-order valence-electron chi connectivity index (χ1n) is 8.34. The Hall–Kier alpha value is -3.30. The lowest BCUT2D eigenvalue weighted by atomic mass is 10.1. The van der Waals surface area contributed by atoms with Crippen molar-refractivity contribution in [1.82, 2.24) is 25.1 Å². The molecule has 1 aromatic carbocycles. The SMILES string of the molecule is O=C1NCCc2c1cnn2-c1cc(Cc2cc(F)cc(C(F)(F)F)c2)ncn1. The number of carbonyl (C=O) groups is 1. The first-order chi connectivity index (χ1) is 13.3. The third-order valence-corrected chi connectivity index (χ3v) is 4.36. The normalized spacial score (nSPS) is 13.9. The van der Waals surface area contributed by atoms with Crippen LogP contribution in [0.5, 0.6) is 0 Å². The molecular formula is C18H13F4N5O. The Kier molecular flexibility index (Phi) is 4.33. The largest absolute Gasteiger partial charge is 0.416 e. The molecule has 0 spiro atoms. The van der Waals surface area contributed by atoms with E-state index in [1.807, 2.05) is 0 Å². The zero-order valence-electron chi connectivity index (χ0n) is 14.3. The van der Waals surface area contributed by atoms with Gasteiger partial charge in [0.2, 0.25) is 0 Å². The van der Waals surface area contributed by atoms with Crippen LogP contribution >= 0.6 is 0 Å². The number of hydrogen-bond donors (Lipinski definition) is 1. The van der Waals surface area contributed by atoms with Gasteiger partial charge in [0.1, 0.15) is 12.1 Å². The van der Waals surface area contributed by atoms with Crippen LogP contribution in [-0.4, -0.2) is 32.2 Å². The summed E-state index contributed by atoms with van der Waals surface area (Å²) in [5.41, 5.74) is 0.626. The van der Waals surface area contributed by atoms with Gasteiger partial charge in [0.25, 0.3) is 5.91 Å². The number of nitrogens with one attached hydrogen (secondary N) is 1. The van der Waals surface area contributed by atoms with Gasteiger partial charge in [-0.15, -0.1) is 0 Å². The second kappa shape index (κ2) is 6.70. The highest BCUT2D eigenvalue weighted by Gasteiger charge is 2.31. The van der Waals surface area contributed by atoms with Crippen LogP contribution in [0, 0.1) is 5.82 Å². The number of carbonyl (C=O) groups excluding carboxylic acids is 1. The molecule has 3 heterocycles. The predicted molar refractivity (Wildman–Crippen MR) is 89.4 cm³/mol. The molecule has 0 saturated heterocycles. The minimum Gasteiger partial charge on any atom is -0.352 e. The number of benzene rings is 1. The van der Waals surface area contributed by atoms with Gasteiger partial charge in [-0.1, -0.05) is 0 Å². The predicted octanol–water partition coefficient (Wildman–Crippen LogP) is 2.70. The summed E-state index contributed by atoms with van der Waals surface area (Å²) in [6.45, 7) is 0.471. The van der Waals surface area contributed by atoms with E-state index in [4.69, 9.17) is 0 Å². The van der Waals surface area contributed by atoms with Crippen molar-refractivity contribution in [3.63, 3.8) is 0 Å². The van der Waals surface area contributed by atoms with Gasteiger partial charge in [-0.05, 0) is 23.8 Å². The van der Waals surface area contributed by atoms with E-state index >= 15 is 0 Å². The average molecular weight is 391 g/mol. The van der Waals surface area contributed by atoms with Gasteiger partial charge in [-0.3, -0.25) is 4.79 Å². The van der Waals surface area contributed by atoms with Crippen LogP contribution in [-0.2, 0) is 19.0 Å². The summed E-state index contributed by atoms with van der Waals surface area (Å²) in [4.78, 5) is 20.1. The van der Waals surface area contributed by atoms with Crippen LogP contribution in [0.4, 0.5) is 17.6 Å². The summed E-state index contributed by atoms with van der Waals surface area (Å²) in [6, 6.07) is 3.94. The monoisotopic (exact) mass is 391 g/mol. The van der Waals surface area contributed by atoms with E-state index in [0.29, 0.717) is 41.8 Å². The summed E-state index contributed by atoms with van der Waals surface area (Å²) in [5, 5.41) is 6.90. The van der Waals surface area contributed by atoms with E-state index in [1.165, 1.54) is 17.2 Å². The third-order valence-electron chi connectivity index (χ3n) is 4.36. The summed E-state index contributed by atoms with van der Waals surface area (Å²) in [6.07, 6.45) is -1.39. The second-order valence-corrected chi connectivity index (χ2v) is 6.31. The summed E-state index contributed by atoms with van der Waals surface area (Å²) < 4.78 is 53.8. The number of halogens is 4. The number of nitrogens with zero attached hydrogens (tertiary/aromatic N) is 4. The molecule has 0 radical (unpaired) electrons. The molecule has 28 heavy (non-hydrogen) atoms. The highest BCUT2D eigenvalue weighted by atomic mass is 19.4. The third kappa shape index (κ3) is 3.45. The van der Waals surface area contributed by atoms with Crippen LogP contribution in [0.3, 0.4) is 0 Å². The van der Waals surface area contributed by atoms with Crippen LogP contribution < -0.4 is 5.32 Å². The summed E-state index contributed by atoms with van der Waals surface area (Å²) in [7, 11) is 0. The molecule has 0 atom stereocenters. The van der Waals surface area contributed by atoms with E-state index in [9.17, 15) is 22.4 Å². The standard InChI is InChI=1S/C18H13F4N5O/c19-12-4-10(3-11(6-12)18(20,21)22)5-13-7-16(25-9-24-13)27-15-1-2-23-17(28)14(15)8-26-27/h3-4,6-9H,1-2,5H2,(H,23,28). The van der Waals surface area contributed by atoms with Gasteiger partial charge < -0.3 is 5.32 Å². The highest BCUT2D eigenvalue weighted by Crippen LogP contribution is 2.31. The molecule has 6 nitrogen and oxygen atoms in total. The number of aromatic nitrogens is 4. The maximum atomic E-state index is 13.6. The number of hydrogen-bond acceptors (Lipinski definition) is 4. The number of alkyl halides is 3. The van der Waals surface area contributed by atoms with Gasteiger partial charge in [0, 0.05) is 25.5 Å². The molecule has 1 N–H and O–H groups in total. The molecule has 0 bridgehead atoms. The lowest BCUT2D eigenvalue weighted by Crippen LogP contribution is -2.32. The van der Waals surface area contributed by atoms with E-state index in [2.05, 4.69) is 20.4 Å². The quantitative estimate of drug-likeness (QED) is 0.697. The average Bonchev–Trinajstić information content (AvgIpc) is 3.06. The van der Waals surface area contributed by atoms with Gasteiger partial charge in [-0.25, -0.2) is 19.0 Å². The van der Waals surface area contributed by atoms with Crippen molar-refractivity contribution in [3.8, 4) is 5.82 Å². The van der Waals surface area contributed by atoms with Crippen LogP contribution in [0.2, 0.25) is 0 Å². The van der Waals surface area contributed by atoms with Crippen molar-refractivity contribution in [2.24, 2.45) is 0 Å². The fourth-order valence-corrected chi connectivity index (χ4v) is 3.11. The highest BCUT2D eigenvalue weighted by molar-refractivity contribution is 5.96. The molecule has 4 rings (SSSR count). The molecule has 10 heteroatoms. The van der Waals surface area contributed by atoms with Crippen molar-refractivity contribution in [2.75, 3.05) is 6.54 Å². The zero-order valence-corrected chi connectivity index (χ0v) is 14.3. The van der Waals surface area contributed by atoms with Crippen molar-refractivity contribution in [1.29, 1.82) is 0 Å². The molecule has 2 aromatic heterocycles. The minimum absolute atomic E-state index is 0.0136. The Bertz CT molecular complexity index is 1060. The number of rotatable bonds is 3. The van der Waals surface area contributed by atoms with Crippen LogP contribution in [0.1, 0.15) is 32.9 Å². The first-order valence-corrected chi connectivity index (χ1v) is 8.34. The van der Waals surface area contributed by atoms with Gasteiger partial charge in [0.05, 0.1) is 28.7 Å². The topological polar surface area (TPSA) is 72.7 Å². The Labute approximate surface area is 156 Å². The fraction of sp³-hybridized carbons (Fsp3) is 0.222. The van der Waals surface area contributed by atoms with Crippen molar-refractivity contribution >= 4 is 5.91 Å². The molecule has 0 fully saturated rings. The Balaban J connectivity index is 1.66. The molecule has 0 unspecified atom stereocenters. The zero-order chi connectivity index (χ0) is 19.9. The molecule has 144 valence electrons. The van der Waals surface area contributed by atoms with Crippen molar-refractivity contribution < 1.29 is 22.4 Å². The van der Waals surface area contributed by atoms with E-state index in [-0.39, 0.29) is 17.9 Å². The molecule has 3 aromatic rings. The number of fused-ring (bicyclic) bond motifs is 1. The van der Waals surface area contributed by atoms with E-state index in [0.717, 1.165) is 12.1 Å². The molecule has 1 amide bonds. The fourth-order valence-electron chi connectivity index (χ4n) is 3.11. The first kappa shape index (κ1) is 18.1. The molecule has 1 aliphatic rings. The van der Waals surface area contributed by atoms with Crippen LogP contribution in [0.25, 0.3) is 5.82 Å². The smallest absolute Gasteiger partial charge is 0.352 e. The van der Waals surface area contributed by atoms with Crippen molar-refractivity contribution in [2.45, 2.75) is 19.0 Å². The van der Waals surface area contributed by atoms with Crippen molar-refractivity contribution in [3.05, 3.63) is 70.7 Å². The minimum atomic E-state index is -4.64. The summed E-state index contributed by atoms with van der Waals surface area (Å²) in [5.74, 6) is -0.805. The number of amides is 1. The molecule has 1 aliphatic heterocycles. The van der Waals surface area contributed by atoms with E-state index < -0.39 is 17.6 Å². The molecular weight excluding hydrogens is 378 g/mol. The lowest BCUT2D eigenvalue weighted by Gasteiger charge is -2.14. The van der Waals surface area contributed by atoms with Gasteiger partial charge in [0.15, 0.2) is 5.82 Å². The summed E-state index contributed by atoms with van der Waals surface area (Å²) >= 11 is 0. The Morgan fingerprint density at radius 1 is 1.14 bits per heavy atom. The Morgan fingerprint density at radius 3 is 2.75 bits per heavy atom. The maximum absolute atomic E-state index is 13.6. The molecule has 0 saturated carbocycles.